The van der Waals surface area contributed by atoms with Gasteiger partial charge in [-0.15, -0.1) is 0 Å². The van der Waals surface area contributed by atoms with Crippen LogP contribution in [0.1, 0.15) is 39.4 Å². The van der Waals surface area contributed by atoms with Crippen LogP contribution in [-0.2, 0) is 19.1 Å². The fraction of sp³-hybridized carbons (Fsp3) is 0.538. The van der Waals surface area contributed by atoms with Crippen LogP contribution in [0.25, 0.3) is 0 Å². The number of esters is 2. The molecular weight excluding hydrogens is 328 g/mol. The van der Waals surface area contributed by atoms with E-state index in [4.69, 9.17) is 9.47 Å². The van der Waals surface area contributed by atoms with Crippen molar-refractivity contribution in [2.45, 2.75) is 39.2 Å². The molecule has 6 nitrogen and oxygen atoms in total. The van der Waals surface area contributed by atoms with Crippen molar-refractivity contribution in [3.8, 4) is 0 Å². The molecule has 0 saturated heterocycles. The Kier molecular flexibility index (Phi) is 5.62. The molecule has 0 spiro atoms. The van der Waals surface area contributed by atoms with Crippen LogP contribution >= 0.6 is 15.9 Å². The molecule has 0 aromatic carbocycles. The Bertz CT molecular complexity index is 482. The number of rotatable bonds is 4. The number of halogens is 1. The predicted octanol–water partition coefficient (Wildman–Crippen LogP) is 2.23. The molecule has 0 radical (unpaired) electrons. The predicted molar refractivity (Wildman–Crippen MR) is 75.0 cm³/mol. The summed E-state index contributed by atoms with van der Waals surface area (Å²) >= 11 is 3.19. The molecule has 1 atom stereocenters. The topological polar surface area (TPSA) is 78.4 Å². The van der Waals surface area contributed by atoms with Crippen LogP contribution in [0.2, 0.25) is 0 Å². The lowest BCUT2D eigenvalue weighted by Crippen LogP contribution is -2.33. The minimum Gasteiger partial charge on any atom is -0.465 e. The molecule has 0 aliphatic heterocycles. The van der Waals surface area contributed by atoms with Gasteiger partial charge in [0.1, 0.15) is 5.60 Å². The van der Waals surface area contributed by atoms with E-state index in [9.17, 15) is 9.59 Å². The van der Waals surface area contributed by atoms with Crippen molar-refractivity contribution < 1.29 is 19.1 Å². The van der Waals surface area contributed by atoms with Gasteiger partial charge in [0.2, 0.25) is 5.92 Å². The fourth-order valence-corrected chi connectivity index (χ4v) is 1.57. The molecule has 0 aliphatic rings. The number of carbonyl (C=O) groups excluding carboxylic acids is 2. The molecule has 0 N–H and O–H groups in total. The quantitative estimate of drug-likeness (QED) is 0.615. The van der Waals surface area contributed by atoms with Gasteiger partial charge in [-0.2, -0.15) is 0 Å². The summed E-state index contributed by atoms with van der Waals surface area (Å²) in [6.07, 6.45) is 2.91. The van der Waals surface area contributed by atoms with Crippen LogP contribution in [0.15, 0.2) is 16.9 Å². The van der Waals surface area contributed by atoms with E-state index in [-0.39, 0.29) is 12.4 Å². The van der Waals surface area contributed by atoms with E-state index in [1.807, 2.05) is 0 Å². The SMILES string of the molecule is CCOC(=O)C(C(=O)OC(C)(C)C)c1ncc(Br)cn1. The van der Waals surface area contributed by atoms with Gasteiger partial charge in [-0.3, -0.25) is 9.59 Å². The number of hydrogen-bond acceptors (Lipinski definition) is 6. The Hall–Kier alpha value is -1.50. The third kappa shape index (κ3) is 4.88. The van der Waals surface area contributed by atoms with Gasteiger partial charge < -0.3 is 9.47 Å². The average molecular weight is 345 g/mol. The second-order valence-corrected chi connectivity index (χ2v) is 5.89. The zero-order chi connectivity index (χ0) is 15.3. The van der Waals surface area contributed by atoms with Gasteiger partial charge in [0, 0.05) is 12.4 Å². The van der Waals surface area contributed by atoms with E-state index in [1.54, 1.807) is 27.7 Å². The Balaban J connectivity index is 3.05. The molecule has 1 rings (SSSR count). The van der Waals surface area contributed by atoms with Gasteiger partial charge >= 0.3 is 11.9 Å². The van der Waals surface area contributed by atoms with Gasteiger partial charge in [0.25, 0.3) is 0 Å². The molecule has 1 aromatic heterocycles. The highest BCUT2D eigenvalue weighted by Gasteiger charge is 2.36. The number of ether oxygens (including phenoxy) is 2. The largest absolute Gasteiger partial charge is 0.465 e. The number of nitrogens with zero attached hydrogens (tertiary/aromatic N) is 2. The number of hydrogen-bond donors (Lipinski definition) is 0. The van der Waals surface area contributed by atoms with E-state index in [1.165, 1.54) is 12.4 Å². The van der Waals surface area contributed by atoms with E-state index in [2.05, 4.69) is 25.9 Å². The first kappa shape index (κ1) is 16.6. The first-order chi connectivity index (χ1) is 9.24. The summed E-state index contributed by atoms with van der Waals surface area (Å²) in [5.74, 6) is -2.66. The zero-order valence-corrected chi connectivity index (χ0v) is 13.4. The Morgan fingerprint density at radius 2 is 1.80 bits per heavy atom. The zero-order valence-electron chi connectivity index (χ0n) is 11.8. The lowest BCUT2D eigenvalue weighted by Gasteiger charge is -2.22. The number of aromatic nitrogens is 2. The molecule has 0 amide bonds. The number of carbonyl (C=O) groups is 2. The summed E-state index contributed by atoms with van der Waals surface area (Å²) in [6, 6.07) is 0. The fourth-order valence-electron chi connectivity index (χ4n) is 1.36. The molecule has 0 aliphatic carbocycles. The summed E-state index contributed by atoms with van der Waals surface area (Å²) in [6.45, 7) is 6.97. The highest BCUT2D eigenvalue weighted by atomic mass is 79.9. The maximum Gasteiger partial charge on any atom is 0.328 e. The van der Waals surface area contributed by atoms with E-state index in [0.29, 0.717) is 4.47 Å². The van der Waals surface area contributed by atoms with Crippen LogP contribution < -0.4 is 0 Å². The minimum absolute atomic E-state index is 0.0564. The summed E-state index contributed by atoms with van der Waals surface area (Å²) < 4.78 is 10.8. The maximum absolute atomic E-state index is 12.1. The van der Waals surface area contributed by atoms with Crippen molar-refractivity contribution in [3.05, 3.63) is 22.7 Å². The van der Waals surface area contributed by atoms with Gasteiger partial charge in [-0.25, -0.2) is 9.97 Å². The van der Waals surface area contributed by atoms with Crippen molar-refractivity contribution in [2.75, 3.05) is 6.61 Å². The van der Waals surface area contributed by atoms with Crippen LogP contribution in [0.4, 0.5) is 0 Å². The Morgan fingerprint density at radius 1 is 1.25 bits per heavy atom. The molecule has 0 fully saturated rings. The van der Waals surface area contributed by atoms with Crippen LogP contribution in [0, 0.1) is 0 Å². The third-order valence-electron chi connectivity index (χ3n) is 2.06. The first-order valence-corrected chi connectivity index (χ1v) is 6.91. The summed E-state index contributed by atoms with van der Waals surface area (Å²) in [7, 11) is 0. The standard InChI is InChI=1S/C13H17BrN2O4/c1-5-19-11(17)9(12(18)20-13(2,3)4)10-15-6-8(14)7-16-10/h6-7,9H,5H2,1-4H3. The van der Waals surface area contributed by atoms with E-state index < -0.39 is 23.5 Å². The molecular formula is C13H17BrN2O4. The molecule has 7 heteroatoms. The summed E-state index contributed by atoms with van der Waals surface area (Å²) in [5.41, 5.74) is -0.711. The lowest BCUT2D eigenvalue weighted by atomic mass is 10.1. The van der Waals surface area contributed by atoms with Crippen molar-refractivity contribution in [2.24, 2.45) is 0 Å². The maximum atomic E-state index is 12.1. The van der Waals surface area contributed by atoms with Crippen molar-refractivity contribution >= 4 is 27.9 Å². The molecule has 1 unspecified atom stereocenters. The first-order valence-electron chi connectivity index (χ1n) is 6.11. The second kappa shape index (κ2) is 6.78. The highest BCUT2D eigenvalue weighted by molar-refractivity contribution is 9.10. The van der Waals surface area contributed by atoms with E-state index >= 15 is 0 Å². The van der Waals surface area contributed by atoms with Crippen molar-refractivity contribution in [1.29, 1.82) is 0 Å². The summed E-state index contributed by atoms with van der Waals surface area (Å²) in [5, 5.41) is 0. The smallest absolute Gasteiger partial charge is 0.328 e. The van der Waals surface area contributed by atoms with Crippen LogP contribution in [-0.4, -0.2) is 34.1 Å². The Labute approximate surface area is 126 Å². The molecule has 20 heavy (non-hydrogen) atoms. The third-order valence-corrected chi connectivity index (χ3v) is 2.47. The Morgan fingerprint density at radius 3 is 2.25 bits per heavy atom. The monoisotopic (exact) mass is 344 g/mol. The molecule has 0 bridgehead atoms. The average Bonchev–Trinajstić information content (AvgIpc) is 2.30. The normalized spacial score (nSPS) is 12.7. The van der Waals surface area contributed by atoms with Gasteiger partial charge in [-0.1, -0.05) is 0 Å². The summed E-state index contributed by atoms with van der Waals surface area (Å²) in [4.78, 5) is 32.0. The van der Waals surface area contributed by atoms with Crippen molar-refractivity contribution in [3.63, 3.8) is 0 Å². The van der Waals surface area contributed by atoms with Crippen LogP contribution in [0.5, 0.6) is 0 Å². The second-order valence-electron chi connectivity index (χ2n) is 4.98. The molecule has 1 aromatic rings. The van der Waals surface area contributed by atoms with Crippen LogP contribution in [0.3, 0.4) is 0 Å². The van der Waals surface area contributed by atoms with Gasteiger partial charge in [0.15, 0.2) is 5.82 Å². The molecule has 0 saturated carbocycles. The van der Waals surface area contributed by atoms with Gasteiger partial charge in [-0.05, 0) is 43.6 Å². The minimum atomic E-state index is -1.28. The lowest BCUT2D eigenvalue weighted by molar-refractivity contribution is -0.164. The van der Waals surface area contributed by atoms with E-state index in [0.717, 1.165) is 0 Å². The van der Waals surface area contributed by atoms with Gasteiger partial charge in [0.05, 0.1) is 11.1 Å². The molecule has 1 heterocycles. The van der Waals surface area contributed by atoms with Crippen molar-refractivity contribution in [1.82, 2.24) is 9.97 Å². The molecule has 110 valence electrons. The highest BCUT2D eigenvalue weighted by Crippen LogP contribution is 2.20.